The molecule has 2 aliphatic rings. The van der Waals surface area contributed by atoms with Gasteiger partial charge in [0.05, 0.1) is 18.8 Å². The molecule has 2 atom stereocenters. The summed E-state index contributed by atoms with van der Waals surface area (Å²) in [6.07, 6.45) is 4.52. The molecule has 2 fully saturated rings. The fourth-order valence-corrected chi connectivity index (χ4v) is 4.45. The average Bonchev–Trinajstić information content (AvgIpc) is 3.50. The smallest absolute Gasteiger partial charge is 0.191 e. The van der Waals surface area contributed by atoms with Crippen molar-refractivity contribution in [3.63, 3.8) is 0 Å². The summed E-state index contributed by atoms with van der Waals surface area (Å²) < 4.78 is 5.98. The number of hydrogen-bond donors (Lipinski definition) is 3. The van der Waals surface area contributed by atoms with Crippen molar-refractivity contribution < 1.29 is 9.84 Å². The predicted molar refractivity (Wildman–Crippen MR) is 114 cm³/mol. The molecule has 2 aliphatic carbocycles. The minimum Gasteiger partial charge on any atom is -0.493 e. The molecule has 1 aromatic carbocycles. The molecule has 2 unspecified atom stereocenters. The summed E-state index contributed by atoms with van der Waals surface area (Å²) in [6, 6.07) is 8.13. The van der Waals surface area contributed by atoms with Gasteiger partial charge in [0, 0.05) is 23.9 Å². The number of nitrogens with one attached hydrogen (secondary N) is 2. The van der Waals surface area contributed by atoms with E-state index < -0.39 is 5.60 Å². The van der Waals surface area contributed by atoms with Gasteiger partial charge in [-0.25, -0.2) is 4.99 Å². The summed E-state index contributed by atoms with van der Waals surface area (Å²) in [5, 5.41) is 17.7. The lowest BCUT2D eigenvalue weighted by atomic mass is 9.79. The van der Waals surface area contributed by atoms with Gasteiger partial charge < -0.3 is 20.5 Å². The number of guanidine groups is 1. The number of ether oxygens (including phenoxy) is 1. The van der Waals surface area contributed by atoms with Gasteiger partial charge in [-0.05, 0) is 50.3 Å². The maximum absolute atomic E-state index is 10.8. The van der Waals surface area contributed by atoms with Gasteiger partial charge >= 0.3 is 0 Å². The van der Waals surface area contributed by atoms with E-state index in [1.165, 1.54) is 12.8 Å². The molecule has 0 heterocycles. The average molecular weight is 392 g/mol. The molecule has 0 aromatic heterocycles. The molecule has 150 valence electrons. The van der Waals surface area contributed by atoms with E-state index >= 15 is 0 Å². The van der Waals surface area contributed by atoms with Crippen LogP contribution in [-0.4, -0.2) is 47.4 Å². The molecule has 5 nitrogen and oxygen atoms in total. The minimum atomic E-state index is -0.623. The van der Waals surface area contributed by atoms with E-state index in [0.717, 1.165) is 54.9 Å². The molecule has 0 radical (unpaired) electrons. The summed E-state index contributed by atoms with van der Waals surface area (Å²) in [7, 11) is 0. The zero-order chi connectivity index (χ0) is 19.1. The van der Waals surface area contributed by atoms with Gasteiger partial charge in [0.1, 0.15) is 5.75 Å². The number of aliphatic hydroxyl groups is 1. The number of aliphatic imine (C=N–C) groups is 1. The van der Waals surface area contributed by atoms with Gasteiger partial charge in [0.15, 0.2) is 5.96 Å². The Hall–Kier alpha value is -1.40. The van der Waals surface area contributed by atoms with Crippen LogP contribution in [0, 0.1) is 5.92 Å². The summed E-state index contributed by atoms with van der Waals surface area (Å²) in [5.41, 5.74) is 0.472. The molecule has 0 aliphatic heterocycles. The SMILES string of the molecule is CCNC(=NCc1ccccc1OCC1CC1)NCC1(O)CCC1SCC. The third-order valence-electron chi connectivity index (χ3n) is 5.26. The number of thioether (sulfide) groups is 1. The van der Waals surface area contributed by atoms with Crippen molar-refractivity contribution in [2.24, 2.45) is 10.9 Å². The van der Waals surface area contributed by atoms with Crippen LogP contribution in [0.25, 0.3) is 0 Å². The van der Waals surface area contributed by atoms with Crippen LogP contribution in [0.3, 0.4) is 0 Å². The summed E-state index contributed by atoms with van der Waals surface area (Å²) >= 11 is 1.85. The Balaban J connectivity index is 1.57. The molecule has 0 saturated heterocycles. The van der Waals surface area contributed by atoms with Crippen LogP contribution in [0.15, 0.2) is 29.3 Å². The highest BCUT2D eigenvalue weighted by Crippen LogP contribution is 2.40. The number of rotatable bonds is 10. The Morgan fingerprint density at radius 1 is 1.26 bits per heavy atom. The van der Waals surface area contributed by atoms with E-state index in [-0.39, 0.29) is 0 Å². The maximum atomic E-state index is 10.8. The van der Waals surface area contributed by atoms with Gasteiger partial charge in [-0.3, -0.25) is 0 Å². The van der Waals surface area contributed by atoms with Gasteiger partial charge in [-0.15, -0.1) is 0 Å². The van der Waals surface area contributed by atoms with Crippen molar-refractivity contribution in [2.45, 2.75) is 56.9 Å². The zero-order valence-electron chi connectivity index (χ0n) is 16.5. The van der Waals surface area contributed by atoms with Gasteiger partial charge in [-0.2, -0.15) is 11.8 Å². The Morgan fingerprint density at radius 3 is 2.74 bits per heavy atom. The Labute approximate surface area is 167 Å². The van der Waals surface area contributed by atoms with Gasteiger partial charge in [0.2, 0.25) is 0 Å². The summed E-state index contributed by atoms with van der Waals surface area (Å²) in [6.45, 7) is 6.89. The lowest BCUT2D eigenvalue weighted by Crippen LogP contribution is -2.58. The van der Waals surface area contributed by atoms with E-state index in [4.69, 9.17) is 9.73 Å². The topological polar surface area (TPSA) is 65.9 Å². The van der Waals surface area contributed by atoms with E-state index in [1.807, 2.05) is 30.0 Å². The van der Waals surface area contributed by atoms with E-state index in [0.29, 0.717) is 18.3 Å². The van der Waals surface area contributed by atoms with Crippen LogP contribution in [0.4, 0.5) is 0 Å². The molecule has 3 rings (SSSR count). The molecular formula is C21H33N3O2S. The van der Waals surface area contributed by atoms with Crippen LogP contribution in [0.1, 0.15) is 45.1 Å². The van der Waals surface area contributed by atoms with Crippen LogP contribution in [-0.2, 0) is 6.54 Å². The maximum Gasteiger partial charge on any atom is 0.191 e. The first kappa shape index (κ1) is 20.3. The zero-order valence-corrected chi connectivity index (χ0v) is 17.4. The second-order valence-electron chi connectivity index (χ2n) is 7.50. The van der Waals surface area contributed by atoms with Crippen molar-refractivity contribution in [3.05, 3.63) is 29.8 Å². The van der Waals surface area contributed by atoms with E-state index in [2.05, 4.69) is 30.5 Å². The Kier molecular flexibility index (Phi) is 7.30. The van der Waals surface area contributed by atoms with Gasteiger partial charge in [0.25, 0.3) is 0 Å². The fourth-order valence-electron chi connectivity index (χ4n) is 3.25. The van der Waals surface area contributed by atoms with Crippen LogP contribution in [0.5, 0.6) is 5.75 Å². The van der Waals surface area contributed by atoms with E-state index in [9.17, 15) is 5.11 Å². The first-order chi connectivity index (χ1) is 13.1. The minimum absolute atomic E-state index is 0.328. The van der Waals surface area contributed by atoms with Crippen LogP contribution < -0.4 is 15.4 Å². The van der Waals surface area contributed by atoms with Crippen LogP contribution in [0.2, 0.25) is 0 Å². The number of nitrogens with zero attached hydrogens (tertiary/aromatic N) is 1. The first-order valence-corrected chi connectivity index (χ1v) is 11.3. The molecule has 0 bridgehead atoms. The fraction of sp³-hybridized carbons (Fsp3) is 0.667. The lowest BCUT2D eigenvalue weighted by molar-refractivity contribution is -0.0198. The largest absolute Gasteiger partial charge is 0.493 e. The van der Waals surface area contributed by atoms with Crippen molar-refractivity contribution in [3.8, 4) is 5.75 Å². The standard InChI is InChI=1S/C21H33N3O2S/c1-3-22-20(24-15-21(25)12-11-19(21)27-4-2)23-13-17-7-5-6-8-18(17)26-14-16-9-10-16/h5-8,16,19,25H,3-4,9-15H2,1-2H3,(H2,22,23,24). The Morgan fingerprint density at radius 2 is 2.07 bits per heavy atom. The molecule has 1 aromatic rings. The third kappa shape index (κ3) is 5.79. The molecule has 0 amide bonds. The second-order valence-corrected chi connectivity index (χ2v) is 8.98. The lowest BCUT2D eigenvalue weighted by Gasteiger charge is -2.45. The molecular weight excluding hydrogens is 358 g/mol. The van der Waals surface area contributed by atoms with Gasteiger partial charge in [-0.1, -0.05) is 25.1 Å². The highest BCUT2D eigenvalue weighted by molar-refractivity contribution is 8.00. The van der Waals surface area contributed by atoms with E-state index in [1.54, 1.807) is 0 Å². The first-order valence-electron chi connectivity index (χ1n) is 10.2. The van der Waals surface area contributed by atoms with Crippen molar-refractivity contribution in [1.82, 2.24) is 10.6 Å². The quantitative estimate of drug-likeness (QED) is 0.422. The normalized spacial score (nSPS) is 25.0. The predicted octanol–water partition coefficient (Wildman–Crippen LogP) is 3.18. The van der Waals surface area contributed by atoms with Crippen molar-refractivity contribution >= 4 is 17.7 Å². The molecule has 0 spiro atoms. The number of hydrogen-bond acceptors (Lipinski definition) is 4. The number of para-hydroxylation sites is 1. The highest BCUT2D eigenvalue weighted by atomic mass is 32.2. The Bertz CT molecular complexity index is 636. The molecule has 6 heteroatoms. The number of benzene rings is 1. The third-order valence-corrected chi connectivity index (χ3v) is 6.67. The monoisotopic (exact) mass is 391 g/mol. The highest BCUT2D eigenvalue weighted by Gasteiger charge is 2.45. The second kappa shape index (κ2) is 9.69. The van der Waals surface area contributed by atoms with Crippen molar-refractivity contribution in [2.75, 3.05) is 25.4 Å². The summed E-state index contributed by atoms with van der Waals surface area (Å²) in [5.74, 6) is 3.45. The molecule has 3 N–H and O–H groups in total. The summed E-state index contributed by atoms with van der Waals surface area (Å²) in [4.78, 5) is 4.72. The van der Waals surface area contributed by atoms with Crippen molar-refractivity contribution in [1.29, 1.82) is 0 Å². The molecule has 27 heavy (non-hydrogen) atoms. The molecule has 2 saturated carbocycles. The van der Waals surface area contributed by atoms with Crippen LogP contribution >= 0.6 is 11.8 Å².